The Morgan fingerprint density at radius 2 is 1.88 bits per heavy atom. The van der Waals surface area contributed by atoms with Crippen LogP contribution in [0.4, 0.5) is 4.39 Å². The van der Waals surface area contributed by atoms with Crippen molar-refractivity contribution in [3.63, 3.8) is 0 Å². The molecular formula is C12H12FN3O. The molecule has 5 heteroatoms. The van der Waals surface area contributed by atoms with E-state index in [1.165, 1.54) is 18.5 Å². The predicted octanol–water partition coefficient (Wildman–Crippen LogP) is 2.46. The Kier molecular flexibility index (Phi) is 3.27. The van der Waals surface area contributed by atoms with E-state index in [-0.39, 0.29) is 6.10 Å². The number of halogens is 1. The number of hydrogen-bond donors (Lipinski definition) is 0. The summed E-state index contributed by atoms with van der Waals surface area (Å²) in [7, 11) is 0. The minimum atomic E-state index is -0.403. The van der Waals surface area contributed by atoms with Gasteiger partial charge in [0.15, 0.2) is 0 Å². The summed E-state index contributed by atoms with van der Waals surface area (Å²) >= 11 is 0. The summed E-state index contributed by atoms with van der Waals surface area (Å²) in [5.74, 6) is 0.0150. The number of aromatic nitrogens is 3. The second-order valence-electron chi connectivity index (χ2n) is 3.80. The molecule has 0 aliphatic carbocycles. The van der Waals surface area contributed by atoms with E-state index in [1.807, 2.05) is 13.8 Å². The van der Waals surface area contributed by atoms with Crippen molar-refractivity contribution in [2.24, 2.45) is 0 Å². The third-order valence-electron chi connectivity index (χ3n) is 1.97. The first-order chi connectivity index (χ1) is 8.15. The maximum absolute atomic E-state index is 13.0. The molecule has 0 radical (unpaired) electrons. The van der Waals surface area contributed by atoms with Gasteiger partial charge in [-0.15, -0.1) is 0 Å². The van der Waals surface area contributed by atoms with Crippen molar-refractivity contribution < 1.29 is 9.13 Å². The molecule has 0 spiro atoms. The van der Waals surface area contributed by atoms with Crippen LogP contribution < -0.4 is 4.74 Å². The van der Waals surface area contributed by atoms with Gasteiger partial charge >= 0.3 is 0 Å². The fraction of sp³-hybridized carbons (Fsp3) is 0.250. The van der Waals surface area contributed by atoms with Crippen molar-refractivity contribution in [2.75, 3.05) is 0 Å². The van der Waals surface area contributed by atoms with Crippen LogP contribution in [-0.2, 0) is 0 Å². The molecule has 4 nitrogen and oxygen atoms in total. The fourth-order valence-corrected chi connectivity index (χ4v) is 1.34. The third-order valence-corrected chi connectivity index (χ3v) is 1.97. The van der Waals surface area contributed by atoms with Crippen LogP contribution in [0.2, 0.25) is 0 Å². The largest absolute Gasteiger partial charge is 0.474 e. The maximum Gasteiger partial charge on any atom is 0.233 e. The Morgan fingerprint density at radius 3 is 2.59 bits per heavy atom. The molecule has 88 valence electrons. The van der Waals surface area contributed by atoms with Gasteiger partial charge in [0.05, 0.1) is 30.4 Å². The summed E-state index contributed by atoms with van der Waals surface area (Å²) in [5.41, 5.74) is 1.11. The molecule has 2 aromatic heterocycles. The lowest BCUT2D eigenvalue weighted by Gasteiger charge is -2.08. The summed E-state index contributed by atoms with van der Waals surface area (Å²) in [5, 5.41) is 0. The van der Waals surface area contributed by atoms with Crippen LogP contribution in [0.3, 0.4) is 0 Å². The Labute approximate surface area is 98.5 Å². The SMILES string of the molecule is CC(C)Oc1cncc(-c2cncc(F)c2)n1. The summed E-state index contributed by atoms with van der Waals surface area (Å²) < 4.78 is 18.4. The first-order valence-electron chi connectivity index (χ1n) is 5.25. The second kappa shape index (κ2) is 4.86. The Balaban J connectivity index is 2.33. The van der Waals surface area contributed by atoms with Gasteiger partial charge in [-0.1, -0.05) is 0 Å². The zero-order valence-electron chi connectivity index (χ0n) is 9.59. The zero-order valence-corrected chi connectivity index (χ0v) is 9.59. The topological polar surface area (TPSA) is 47.9 Å². The fourth-order valence-electron chi connectivity index (χ4n) is 1.34. The van der Waals surface area contributed by atoms with E-state index in [1.54, 1.807) is 6.20 Å². The van der Waals surface area contributed by atoms with E-state index in [0.717, 1.165) is 6.20 Å². The van der Waals surface area contributed by atoms with Gasteiger partial charge in [0.2, 0.25) is 5.88 Å². The normalized spacial score (nSPS) is 10.6. The summed E-state index contributed by atoms with van der Waals surface area (Å²) in [4.78, 5) is 12.0. The smallest absolute Gasteiger partial charge is 0.233 e. The molecule has 2 heterocycles. The molecule has 0 aliphatic rings. The molecule has 0 bridgehead atoms. The first kappa shape index (κ1) is 11.4. The van der Waals surface area contributed by atoms with Crippen LogP contribution >= 0.6 is 0 Å². The van der Waals surface area contributed by atoms with Gasteiger partial charge in [0.25, 0.3) is 0 Å². The van der Waals surface area contributed by atoms with E-state index in [9.17, 15) is 4.39 Å². The van der Waals surface area contributed by atoms with Crippen LogP contribution in [0.1, 0.15) is 13.8 Å². The molecule has 0 aromatic carbocycles. The van der Waals surface area contributed by atoms with Crippen LogP contribution in [0.25, 0.3) is 11.3 Å². The molecule has 17 heavy (non-hydrogen) atoms. The molecule has 0 unspecified atom stereocenters. The molecule has 0 amide bonds. The highest BCUT2D eigenvalue weighted by Crippen LogP contribution is 2.18. The number of nitrogens with zero attached hydrogens (tertiary/aromatic N) is 3. The van der Waals surface area contributed by atoms with Crippen molar-refractivity contribution in [1.82, 2.24) is 15.0 Å². The van der Waals surface area contributed by atoms with Crippen LogP contribution in [0.5, 0.6) is 5.88 Å². The Hall–Kier alpha value is -2.04. The van der Waals surface area contributed by atoms with E-state index in [2.05, 4.69) is 15.0 Å². The maximum atomic E-state index is 13.0. The highest BCUT2D eigenvalue weighted by atomic mass is 19.1. The lowest BCUT2D eigenvalue weighted by molar-refractivity contribution is 0.232. The number of hydrogen-bond acceptors (Lipinski definition) is 4. The van der Waals surface area contributed by atoms with E-state index in [4.69, 9.17) is 4.74 Å². The Bertz CT molecular complexity index is 517. The van der Waals surface area contributed by atoms with Gasteiger partial charge in [-0.3, -0.25) is 9.97 Å². The quantitative estimate of drug-likeness (QED) is 0.817. The molecule has 0 atom stereocenters. The van der Waals surface area contributed by atoms with Gasteiger partial charge in [0, 0.05) is 11.8 Å². The van der Waals surface area contributed by atoms with Gasteiger partial charge < -0.3 is 4.74 Å². The van der Waals surface area contributed by atoms with Gasteiger partial charge in [-0.25, -0.2) is 9.37 Å². The lowest BCUT2D eigenvalue weighted by atomic mass is 10.2. The van der Waals surface area contributed by atoms with Crippen molar-refractivity contribution in [3.05, 3.63) is 36.7 Å². The molecule has 0 fully saturated rings. The minimum absolute atomic E-state index is 0.0187. The molecule has 0 saturated heterocycles. The van der Waals surface area contributed by atoms with Crippen LogP contribution in [0, 0.1) is 5.82 Å². The van der Waals surface area contributed by atoms with Crippen molar-refractivity contribution in [1.29, 1.82) is 0 Å². The molecule has 2 rings (SSSR count). The summed E-state index contributed by atoms with van der Waals surface area (Å²) in [6.07, 6.45) is 5.77. The number of ether oxygens (including phenoxy) is 1. The first-order valence-corrected chi connectivity index (χ1v) is 5.25. The highest BCUT2D eigenvalue weighted by Gasteiger charge is 2.05. The molecule has 0 aliphatic heterocycles. The minimum Gasteiger partial charge on any atom is -0.474 e. The average molecular weight is 233 g/mol. The monoisotopic (exact) mass is 233 g/mol. The third kappa shape index (κ3) is 2.96. The number of rotatable bonds is 3. The predicted molar refractivity (Wildman–Crippen MR) is 61.0 cm³/mol. The van der Waals surface area contributed by atoms with Crippen molar-refractivity contribution >= 4 is 0 Å². The van der Waals surface area contributed by atoms with E-state index in [0.29, 0.717) is 17.1 Å². The van der Waals surface area contributed by atoms with Crippen LogP contribution in [-0.4, -0.2) is 21.1 Å². The second-order valence-corrected chi connectivity index (χ2v) is 3.80. The molecule has 2 aromatic rings. The highest BCUT2D eigenvalue weighted by molar-refractivity contribution is 5.56. The number of pyridine rings is 1. The zero-order chi connectivity index (χ0) is 12.3. The summed E-state index contributed by atoms with van der Waals surface area (Å²) in [6, 6.07) is 1.36. The van der Waals surface area contributed by atoms with E-state index >= 15 is 0 Å². The van der Waals surface area contributed by atoms with E-state index < -0.39 is 5.82 Å². The average Bonchev–Trinajstić information content (AvgIpc) is 2.28. The molecular weight excluding hydrogens is 221 g/mol. The van der Waals surface area contributed by atoms with Gasteiger partial charge in [0.1, 0.15) is 5.82 Å². The lowest BCUT2D eigenvalue weighted by Crippen LogP contribution is -2.07. The van der Waals surface area contributed by atoms with Crippen LogP contribution in [0.15, 0.2) is 30.9 Å². The Morgan fingerprint density at radius 1 is 1.12 bits per heavy atom. The van der Waals surface area contributed by atoms with Crippen molar-refractivity contribution in [2.45, 2.75) is 20.0 Å². The molecule has 0 saturated carbocycles. The van der Waals surface area contributed by atoms with Gasteiger partial charge in [-0.2, -0.15) is 0 Å². The standard InChI is InChI=1S/C12H12FN3O/c1-8(2)17-12-7-15-6-11(16-12)9-3-10(13)5-14-4-9/h3-8H,1-2H3. The van der Waals surface area contributed by atoms with Gasteiger partial charge in [-0.05, 0) is 19.9 Å². The summed E-state index contributed by atoms with van der Waals surface area (Å²) in [6.45, 7) is 3.80. The van der Waals surface area contributed by atoms with Crippen molar-refractivity contribution in [3.8, 4) is 17.1 Å². The molecule has 0 N–H and O–H groups in total.